The molecule has 2 aromatic rings. The lowest BCUT2D eigenvalue weighted by molar-refractivity contribution is 0.0520. The molecule has 1 saturated heterocycles. The molecule has 2 heterocycles. The largest absolute Gasteiger partial charge is 0.461 e. The van der Waals surface area contributed by atoms with Gasteiger partial charge in [-0.15, -0.1) is 5.10 Å². The third-order valence-electron chi connectivity index (χ3n) is 3.75. The summed E-state index contributed by atoms with van der Waals surface area (Å²) in [7, 11) is -3.75. The third kappa shape index (κ3) is 3.41. The van der Waals surface area contributed by atoms with E-state index in [1.807, 2.05) is 0 Å². The predicted molar refractivity (Wildman–Crippen MR) is 87.4 cm³/mol. The summed E-state index contributed by atoms with van der Waals surface area (Å²) >= 11 is 0. The Kier molecular flexibility index (Phi) is 5.11. The number of carbonyl (C=O) groups excluding carboxylic acids is 1. The molecule has 0 atom stereocenters. The lowest BCUT2D eigenvalue weighted by Crippen LogP contribution is -2.40. The van der Waals surface area contributed by atoms with Gasteiger partial charge in [-0.1, -0.05) is 18.2 Å². The van der Waals surface area contributed by atoms with E-state index in [4.69, 9.17) is 9.47 Å². The van der Waals surface area contributed by atoms with Gasteiger partial charge in [0.25, 0.3) is 0 Å². The summed E-state index contributed by atoms with van der Waals surface area (Å²) in [6, 6.07) is 6.38. The molecule has 0 radical (unpaired) electrons. The highest BCUT2D eigenvalue weighted by Crippen LogP contribution is 2.30. The normalized spacial score (nSPS) is 15.9. The summed E-state index contributed by atoms with van der Waals surface area (Å²) in [4.78, 5) is 12.1. The van der Waals surface area contributed by atoms with Crippen LogP contribution >= 0.6 is 0 Å². The van der Waals surface area contributed by atoms with E-state index >= 15 is 0 Å². The van der Waals surface area contributed by atoms with Gasteiger partial charge in [0.05, 0.1) is 24.7 Å². The standard InChI is InChI=1S/C15H18N4O5S/c1-2-24-15(20)14-13(16-18-17-14)11-5-3-4-6-12(11)25(21,22)19-7-9-23-10-8-19/h3-6H,2,7-10H2,1H3,(H,16,17,18). The molecular formula is C15H18N4O5S. The smallest absolute Gasteiger partial charge is 0.361 e. The maximum absolute atomic E-state index is 13.0. The number of H-pyrrole nitrogens is 1. The molecule has 0 spiro atoms. The number of esters is 1. The van der Waals surface area contributed by atoms with Gasteiger partial charge in [0.15, 0.2) is 5.69 Å². The van der Waals surface area contributed by atoms with Crippen LogP contribution in [0.5, 0.6) is 0 Å². The molecule has 1 aromatic carbocycles. The van der Waals surface area contributed by atoms with E-state index in [-0.39, 0.29) is 36.0 Å². The molecule has 1 fully saturated rings. The molecular weight excluding hydrogens is 348 g/mol. The van der Waals surface area contributed by atoms with Crippen molar-refractivity contribution in [3.05, 3.63) is 30.0 Å². The Morgan fingerprint density at radius 3 is 2.72 bits per heavy atom. The first-order valence-corrected chi connectivity index (χ1v) is 9.25. The second-order valence-electron chi connectivity index (χ2n) is 5.25. The fraction of sp³-hybridized carbons (Fsp3) is 0.400. The molecule has 10 heteroatoms. The predicted octanol–water partition coefficient (Wildman–Crippen LogP) is 0.669. The van der Waals surface area contributed by atoms with Crippen molar-refractivity contribution < 1.29 is 22.7 Å². The number of hydrogen-bond donors (Lipinski definition) is 1. The average molecular weight is 366 g/mol. The van der Waals surface area contributed by atoms with E-state index in [0.29, 0.717) is 18.8 Å². The minimum Gasteiger partial charge on any atom is -0.461 e. The van der Waals surface area contributed by atoms with Crippen molar-refractivity contribution >= 4 is 16.0 Å². The van der Waals surface area contributed by atoms with Crippen molar-refractivity contribution in [1.29, 1.82) is 0 Å². The Morgan fingerprint density at radius 2 is 2.00 bits per heavy atom. The highest BCUT2D eigenvalue weighted by Gasteiger charge is 2.31. The van der Waals surface area contributed by atoms with Gasteiger partial charge in [-0.25, -0.2) is 13.2 Å². The number of nitrogens with one attached hydrogen (secondary N) is 1. The number of rotatable bonds is 5. The van der Waals surface area contributed by atoms with Crippen LogP contribution in [0.1, 0.15) is 17.4 Å². The molecule has 1 aliphatic heterocycles. The Hall–Kier alpha value is -2.30. The molecule has 0 amide bonds. The maximum atomic E-state index is 13.0. The molecule has 0 unspecified atom stereocenters. The lowest BCUT2D eigenvalue weighted by Gasteiger charge is -2.26. The summed E-state index contributed by atoms with van der Waals surface area (Å²) in [5.74, 6) is -0.662. The molecule has 9 nitrogen and oxygen atoms in total. The van der Waals surface area contributed by atoms with Gasteiger partial charge in [0.1, 0.15) is 5.69 Å². The molecule has 3 rings (SSSR count). The second-order valence-corrected chi connectivity index (χ2v) is 7.16. The van der Waals surface area contributed by atoms with Crippen LogP contribution in [0.3, 0.4) is 0 Å². The monoisotopic (exact) mass is 366 g/mol. The minimum atomic E-state index is -3.75. The van der Waals surface area contributed by atoms with Gasteiger partial charge >= 0.3 is 5.97 Å². The first kappa shape index (κ1) is 17.5. The van der Waals surface area contributed by atoms with Gasteiger partial charge in [-0.05, 0) is 13.0 Å². The van der Waals surface area contributed by atoms with E-state index in [9.17, 15) is 13.2 Å². The number of nitrogens with zero attached hydrogens (tertiary/aromatic N) is 3. The van der Waals surface area contributed by atoms with Gasteiger partial charge in [-0.2, -0.15) is 14.6 Å². The average Bonchev–Trinajstić information content (AvgIpc) is 3.12. The second kappa shape index (κ2) is 7.30. The molecule has 0 aliphatic carbocycles. The molecule has 134 valence electrons. The van der Waals surface area contributed by atoms with Gasteiger partial charge in [-0.3, -0.25) is 0 Å². The summed E-state index contributed by atoms with van der Waals surface area (Å²) in [5, 5.41) is 10.1. The van der Waals surface area contributed by atoms with E-state index in [0.717, 1.165) is 0 Å². The molecule has 1 aliphatic rings. The van der Waals surface area contributed by atoms with Crippen LogP contribution in [0.15, 0.2) is 29.2 Å². The van der Waals surface area contributed by atoms with Gasteiger partial charge in [0.2, 0.25) is 10.0 Å². The first-order chi connectivity index (χ1) is 12.1. The molecule has 0 saturated carbocycles. The van der Waals surface area contributed by atoms with Crippen LogP contribution < -0.4 is 0 Å². The van der Waals surface area contributed by atoms with Crippen molar-refractivity contribution in [2.45, 2.75) is 11.8 Å². The number of sulfonamides is 1. The Morgan fingerprint density at radius 1 is 1.28 bits per heavy atom. The van der Waals surface area contributed by atoms with Crippen molar-refractivity contribution in [2.24, 2.45) is 0 Å². The van der Waals surface area contributed by atoms with E-state index < -0.39 is 16.0 Å². The first-order valence-electron chi connectivity index (χ1n) is 7.81. The zero-order valence-electron chi connectivity index (χ0n) is 13.6. The zero-order valence-corrected chi connectivity index (χ0v) is 14.5. The van der Waals surface area contributed by atoms with Crippen molar-refractivity contribution in [1.82, 2.24) is 19.7 Å². The SMILES string of the molecule is CCOC(=O)c1n[nH]nc1-c1ccccc1S(=O)(=O)N1CCOCC1. The highest BCUT2D eigenvalue weighted by molar-refractivity contribution is 7.89. The molecule has 1 aromatic heterocycles. The number of aromatic amines is 1. The number of morpholine rings is 1. The quantitative estimate of drug-likeness (QED) is 0.773. The van der Waals surface area contributed by atoms with Crippen molar-refractivity contribution in [2.75, 3.05) is 32.9 Å². The maximum Gasteiger partial charge on any atom is 0.361 e. The van der Waals surface area contributed by atoms with Crippen LogP contribution in [0.2, 0.25) is 0 Å². The van der Waals surface area contributed by atoms with Crippen LogP contribution in [-0.4, -0.2) is 67.0 Å². The summed E-state index contributed by atoms with van der Waals surface area (Å²) in [6.45, 7) is 3.10. The van der Waals surface area contributed by atoms with Crippen LogP contribution in [-0.2, 0) is 19.5 Å². The van der Waals surface area contributed by atoms with E-state index in [1.54, 1.807) is 25.1 Å². The van der Waals surface area contributed by atoms with Crippen LogP contribution in [0, 0.1) is 0 Å². The number of aromatic nitrogens is 3. The number of benzene rings is 1. The Labute approximate surface area is 145 Å². The summed E-state index contributed by atoms with van der Waals surface area (Å²) in [5.41, 5.74) is 0.392. The van der Waals surface area contributed by atoms with E-state index in [2.05, 4.69) is 15.4 Å². The number of carbonyl (C=O) groups is 1. The zero-order chi connectivity index (χ0) is 17.9. The lowest BCUT2D eigenvalue weighted by atomic mass is 10.1. The summed E-state index contributed by atoms with van der Waals surface area (Å²) in [6.07, 6.45) is 0. The van der Waals surface area contributed by atoms with Gasteiger partial charge in [0, 0.05) is 18.7 Å². The van der Waals surface area contributed by atoms with Gasteiger partial charge < -0.3 is 9.47 Å². The fourth-order valence-corrected chi connectivity index (χ4v) is 4.17. The minimum absolute atomic E-state index is 0.0496. The number of ether oxygens (including phenoxy) is 2. The third-order valence-corrected chi connectivity index (χ3v) is 5.70. The molecule has 0 bridgehead atoms. The molecule has 25 heavy (non-hydrogen) atoms. The van der Waals surface area contributed by atoms with Crippen molar-refractivity contribution in [3.8, 4) is 11.3 Å². The summed E-state index contributed by atoms with van der Waals surface area (Å²) < 4.78 is 37.5. The van der Waals surface area contributed by atoms with Crippen LogP contribution in [0.4, 0.5) is 0 Å². The highest BCUT2D eigenvalue weighted by atomic mass is 32.2. The van der Waals surface area contributed by atoms with Crippen molar-refractivity contribution in [3.63, 3.8) is 0 Å². The molecule has 1 N–H and O–H groups in total. The number of hydrogen-bond acceptors (Lipinski definition) is 7. The van der Waals surface area contributed by atoms with E-state index in [1.165, 1.54) is 10.4 Å². The topological polar surface area (TPSA) is 114 Å². The Bertz CT molecular complexity index is 858. The Balaban J connectivity index is 2.06. The van der Waals surface area contributed by atoms with Crippen LogP contribution in [0.25, 0.3) is 11.3 Å². The fourth-order valence-electron chi connectivity index (χ4n) is 2.57.